The number of carboxylic acids is 1. The van der Waals surface area contributed by atoms with Crippen LogP contribution in [0.2, 0.25) is 0 Å². The molecule has 0 fully saturated rings. The highest BCUT2D eigenvalue weighted by molar-refractivity contribution is 6.15. The van der Waals surface area contributed by atoms with Crippen molar-refractivity contribution < 1.29 is 9.90 Å². The summed E-state index contributed by atoms with van der Waals surface area (Å²) in [5.74, 6) is -0.784. The highest BCUT2D eigenvalue weighted by atomic mass is 35.5. The molecule has 0 rings (SSSR count). The minimum Gasteiger partial charge on any atom is -0.481 e. The molecule has 0 aliphatic heterocycles. The van der Waals surface area contributed by atoms with Crippen molar-refractivity contribution in [2.45, 2.75) is 20.3 Å². The highest BCUT2D eigenvalue weighted by Crippen LogP contribution is 2.18. The molecule has 0 aromatic carbocycles. The molecule has 0 saturated heterocycles. The third-order valence-electron chi connectivity index (χ3n) is 1.35. The van der Waals surface area contributed by atoms with Crippen molar-refractivity contribution in [3.05, 3.63) is 0 Å². The molecule has 0 spiro atoms. The molecule has 0 aliphatic carbocycles. The quantitative estimate of drug-likeness (QED) is 0.646. The lowest BCUT2D eigenvalue weighted by atomic mass is 9.90. The summed E-state index contributed by atoms with van der Waals surface area (Å²) in [6.45, 7) is 3.77. The summed E-state index contributed by atoms with van der Waals surface area (Å²) in [4.78, 5) is 10.4. The number of alkyl halides is 1. The van der Waals surface area contributed by atoms with E-state index in [0.29, 0.717) is 13.0 Å². The highest BCUT2D eigenvalue weighted by Gasteiger charge is 2.25. The smallest absolute Gasteiger partial charge is 0.309 e. The number of hydrogen-bond acceptors (Lipinski definition) is 2. The van der Waals surface area contributed by atoms with E-state index in [2.05, 4.69) is 11.6 Å². The standard InChI is InChI=1S/C6H13NO2.CH3Cl/c1-6(2,3-4-7)5(8)9;1-2/h3-4,7H2,1-2H3,(H,8,9);1H3. The molecule has 0 radical (unpaired) electrons. The van der Waals surface area contributed by atoms with Crippen LogP contribution in [0.5, 0.6) is 0 Å². The topological polar surface area (TPSA) is 63.3 Å². The summed E-state index contributed by atoms with van der Waals surface area (Å²) >= 11 is 4.64. The molecule has 4 heteroatoms. The normalized spacial score (nSPS) is 9.91. The van der Waals surface area contributed by atoms with Gasteiger partial charge in [0.15, 0.2) is 0 Å². The second kappa shape index (κ2) is 6.43. The lowest BCUT2D eigenvalue weighted by Crippen LogP contribution is -2.26. The number of halogens is 1. The van der Waals surface area contributed by atoms with Gasteiger partial charge in [0.2, 0.25) is 0 Å². The largest absolute Gasteiger partial charge is 0.481 e. The summed E-state index contributed by atoms with van der Waals surface area (Å²) in [5, 5.41) is 8.52. The predicted molar refractivity (Wildman–Crippen MR) is 46.9 cm³/mol. The van der Waals surface area contributed by atoms with E-state index >= 15 is 0 Å². The van der Waals surface area contributed by atoms with Gasteiger partial charge in [0.05, 0.1) is 5.41 Å². The summed E-state index contributed by atoms with van der Waals surface area (Å²) in [7, 11) is 0. The lowest BCUT2D eigenvalue weighted by molar-refractivity contribution is -0.147. The molecule has 0 bridgehead atoms. The van der Waals surface area contributed by atoms with Crippen LogP contribution >= 0.6 is 11.6 Å². The molecule has 11 heavy (non-hydrogen) atoms. The molecule has 0 aliphatic rings. The van der Waals surface area contributed by atoms with Crippen molar-refractivity contribution in [2.24, 2.45) is 11.1 Å². The maximum atomic E-state index is 10.4. The van der Waals surface area contributed by atoms with Crippen LogP contribution in [-0.4, -0.2) is 24.0 Å². The number of carbonyl (C=O) groups is 1. The Morgan fingerprint density at radius 2 is 1.91 bits per heavy atom. The van der Waals surface area contributed by atoms with E-state index in [-0.39, 0.29) is 0 Å². The summed E-state index contributed by atoms with van der Waals surface area (Å²) < 4.78 is 0. The van der Waals surface area contributed by atoms with Crippen LogP contribution in [0.3, 0.4) is 0 Å². The van der Waals surface area contributed by atoms with Crippen molar-refractivity contribution >= 4 is 17.6 Å². The van der Waals surface area contributed by atoms with Crippen molar-refractivity contribution in [2.75, 3.05) is 12.9 Å². The Hall–Kier alpha value is -0.280. The molecule has 68 valence electrons. The van der Waals surface area contributed by atoms with Crippen molar-refractivity contribution in [3.8, 4) is 0 Å². The Morgan fingerprint density at radius 1 is 1.55 bits per heavy atom. The fourth-order valence-corrected chi connectivity index (χ4v) is 0.468. The van der Waals surface area contributed by atoms with Crippen LogP contribution in [0, 0.1) is 5.41 Å². The third-order valence-corrected chi connectivity index (χ3v) is 1.35. The van der Waals surface area contributed by atoms with E-state index in [4.69, 9.17) is 10.8 Å². The van der Waals surface area contributed by atoms with E-state index in [0.717, 1.165) is 0 Å². The maximum absolute atomic E-state index is 10.4. The summed E-state index contributed by atoms with van der Waals surface area (Å²) in [5.41, 5.74) is 4.53. The second-order valence-corrected chi connectivity index (χ2v) is 2.73. The van der Waals surface area contributed by atoms with Crippen molar-refractivity contribution in [3.63, 3.8) is 0 Å². The van der Waals surface area contributed by atoms with Crippen LogP contribution in [0.4, 0.5) is 0 Å². The molecule has 3 N–H and O–H groups in total. The first kappa shape index (κ1) is 13.3. The molecule has 0 saturated carbocycles. The Bertz CT molecular complexity index is 115. The van der Waals surface area contributed by atoms with Crippen LogP contribution in [0.1, 0.15) is 20.3 Å². The van der Waals surface area contributed by atoms with E-state index in [1.807, 2.05) is 0 Å². The Balaban J connectivity index is 0. The first-order chi connectivity index (χ1) is 5.00. The number of rotatable bonds is 3. The molecule has 3 nitrogen and oxygen atoms in total. The lowest BCUT2D eigenvalue weighted by Gasteiger charge is -2.16. The maximum Gasteiger partial charge on any atom is 0.309 e. The zero-order valence-corrected chi connectivity index (χ0v) is 7.98. The molecule has 0 unspecified atom stereocenters. The van der Waals surface area contributed by atoms with Crippen molar-refractivity contribution in [1.82, 2.24) is 0 Å². The average Bonchev–Trinajstić information content (AvgIpc) is 1.92. The molecular formula is C7H16ClNO2. The van der Waals surface area contributed by atoms with Gasteiger partial charge in [-0.2, -0.15) is 0 Å². The Morgan fingerprint density at radius 3 is 2.00 bits per heavy atom. The fourth-order valence-electron chi connectivity index (χ4n) is 0.468. The van der Waals surface area contributed by atoms with E-state index in [9.17, 15) is 4.79 Å². The molecule has 0 aromatic rings. The van der Waals surface area contributed by atoms with Gasteiger partial charge in [-0.1, -0.05) is 0 Å². The summed E-state index contributed by atoms with van der Waals surface area (Å²) in [6, 6.07) is 0. The van der Waals surface area contributed by atoms with Crippen LogP contribution in [0.15, 0.2) is 0 Å². The molecule has 0 heterocycles. The SMILES string of the molecule is CC(C)(CCN)C(=O)O.CCl. The first-order valence-corrected chi connectivity index (χ1v) is 4.07. The monoisotopic (exact) mass is 181 g/mol. The van der Waals surface area contributed by atoms with Gasteiger partial charge in [-0.25, -0.2) is 0 Å². The molecule has 0 amide bonds. The van der Waals surface area contributed by atoms with Gasteiger partial charge in [-0.3, -0.25) is 4.79 Å². The van der Waals surface area contributed by atoms with Crippen molar-refractivity contribution in [1.29, 1.82) is 0 Å². The van der Waals surface area contributed by atoms with Crippen LogP contribution in [0.25, 0.3) is 0 Å². The number of hydrogen-bond donors (Lipinski definition) is 2. The molecule has 0 atom stereocenters. The molecular weight excluding hydrogens is 166 g/mol. The van der Waals surface area contributed by atoms with Gasteiger partial charge in [-0.15, -0.1) is 11.6 Å². The zero-order valence-electron chi connectivity index (χ0n) is 7.22. The third kappa shape index (κ3) is 6.13. The van der Waals surface area contributed by atoms with E-state index in [1.54, 1.807) is 13.8 Å². The Kier molecular flexibility index (Phi) is 7.79. The summed E-state index contributed by atoms with van der Waals surface area (Å²) in [6.07, 6.45) is 2.00. The zero-order chi connectivity index (χ0) is 9.49. The average molecular weight is 182 g/mol. The minimum atomic E-state index is -0.784. The van der Waals surface area contributed by atoms with E-state index in [1.165, 1.54) is 6.38 Å². The van der Waals surface area contributed by atoms with Gasteiger partial charge >= 0.3 is 5.97 Å². The minimum absolute atomic E-state index is 0.430. The fraction of sp³-hybridized carbons (Fsp3) is 0.857. The van der Waals surface area contributed by atoms with Crippen LogP contribution in [-0.2, 0) is 4.79 Å². The number of nitrogens with two attached hydrogens (primary N) is 1. The van der Waals surface area contributed by atoms with Gasteiger partial charge < -0.3 is 10.8 Å². The number of carboxylic acid groups (broad SMARTS) is 1. The predicted octanol–water partition coefficient (Wildman–Crippen LogP) is 1.30. The van der Waals surface area contributed by atoms with Gasteiger partial charge in [0, 0.05) is 6.38 Å². The van der Waals surface area contributed by atoms with Crippen LogP contribution < -0.4 is 5.73 Å². The molecule has 0 aromatic heterocycles. The Labute approximate surface area is 72.5 Å². The first-order valence-electron chi connectivity index (χ1n) is 3.32. The number of aliphatic carboxylic acids is 1. The van der Waals surface area contributed by atoms with Gasteiger partial charge in [0.1, 0.15) is 0 Å². The van der Waals surface area contributed by atoms with E-state index < -0.39 is 11.4 Å². The van der Waals surface area contributed by atoms with Gasteiger partial charge in [-0.05, 0) is 26.8 Å². The second-order valence-electron chi connectivity index (χ2n) is 2.73. The van der Waals surface area contributed by atoms with Gasteiger partial charge in [0.25, 0.3) is 0 Å².